The van der Waals surface area contributed by atoms with E-state index in [1.807, 2.05) is 0 Å². The van der Waals surface area contributed by atoms with Crippen molar-refractivity contribution in [2.75, 3.05) is 11.2 Å². The molecule has 5 heteroatoms. The predicted molar refractivity (Wildman–Crippen MR) is 69.6 cm³/mol. The molecule has 0 bridgehead atoms. The number of nitriles is 1. The third-order valence-corrected chi connectivity index (χ3v) is 4.36. The summed E-state index contributed by atoms with van der Waals surface area (Å²) in [6.45, 7) is 0. The minimum absolute atomic E-state index is 0.0760. The van der Waals surface area contributed by atoms with Gasteiger partial charge in [0.1, 0.15) is 17.0 Å². The van der Waals surface area contributed by atoms with Crippen LogP contribution in [0.25, 0.3) is 0 Å². The summed E-state index contributed by atoms with van der Waals surface area (Å²) in [5.74, 6) is -0.326. The van der Waals surface area contributed by atoms with Crippen LogP contribution in [0.1, 0.15) is 35.3 Å². The molecule has 0 saturated carbocycles. The van der Waals surface area contributed by atoms with Crippen LogP contribution in [-0.2, 0) is 17.6 Å². The highest BCUT2D eigenvalue weighted by molar-refractivity contribution is 7.16. The number of thiophene rings is 1. The lowest BCUT2D eigenvalue weighted by Gasteiger charge is -2.00. The highest BCUT2D eigenvalue weighted by Gasteiger charge is 2.20. The van der Waals surface area contributed by atoms with Crippen LogP contribution in [0, 0.1) is 11.3 Å². The van der Waals surface area contributed by atoms with Crippen molar-refractivity contribution in [3.63, 3.8) is 0 Å². The van der Waals surface area contributed by atoms with Crippen LogP contribution < -0.4 is 5.32 Å². The molecular weight excluding hydrogens is 256 g/mol. The Bertz CT molecular complexity index is 476. The highest BCUT2D eigenvalue weighted by atomic mass is 35.5. The largest absolute Gasteiger partial charge is 0.316 e. The van der Waals surface area contributed by atoms with Crippen molar-refractivity contribution in [3.8, 4) is 6.07 Å². The van der Waals surface area contributed by atoms with E-state index in [1.165, 1.54) is 29.1 Å². The molecule has 90 valence electrons. The van der Waals surface area contributed by atoms with Crippen LogP contribution in [-0.4, -0.2) is 11.8 Å². The van der Waals surface area contributed by atoms with Crippen LogP contribution in [0.15, 0.2) is 0 Å². The molecule has 1 amide bonds. The van der Waals surface area contributed by atoms with Gasteiger partial charge in [-0.15, -0.1) is 22.9 Å². The maximum absolute atomic E-state index is 11.3. The second-order valence-electron chi connectivity index (χ2n) is 4.06. The molecule has 1 aromatic rings. The van der Waals surface area contributed by atoms with Crippen LogP contribution in [0.5, 0.6) is 0 Å². The van der Waals surface area contributed by atoms with E-state index >= 15 is 0 Å². The first-order chi connectivity index (χ1) is 8.26. The van der Waals surface area contributed by atoms with Crippen molar-refractivity contribution in [1.82, 2.24) is 0 Å². The Morgan fingerprint density at radius 1 is 1.41 bits per heavy atom. The number of anilines is 1. The van der Waals surface area contributed by atoms with Crippen LogP contribution in [0.4, 0.5) is 5.00 Å². The van der Waals surface area contributed by atoms with Crippen LogP contribution in [0.3, 0.4) is 0 Å². The Hall–Kier alpha value is -1.05. The zero-order valence-electron chi connectivity index (χ0n) is 9.38. The number of halogens is 1. The van der Waals surface area contributed by atoms with Crippen molar-refractivity contribution in [2.24, 2.45) is 0 Å². The fourth-order valence-corrected chi connectivity index (χ4v) is 3.43. The fourth-order valence-electron chi connectivity index (χ4n) is 2.11. The van der Waals surface area contributed by atoms with Gasteiger partial charge in [-0.1, -0.05) is 6.42 Å². The summed E-state index contributed by atoms with van der Waals surface area (Å²) in [5.41, 5.74) is 1.78. The zero-order chi connectivity index (χ0) is 12.3. The van der Waals surface area contributed by atoms with Gasteiger partial charge in [0.2, 0.25) is 5.91 Å². The van der Waals surface area contributed by atoms with Gasteiger partial charge in [0.25, 0.3) is 0 Å². The smallest absolute Gasteiger partial charge is 0.239 e. The molecule has 0 saturated heterocycles. The van der Waals surface area contributed by atoms with Crippen molar-refractivity contribution in [2.45, 2.75) is 32.1 Å². The minimum Gasteiger partial charge on any atom is -0.316 e. The highest BCUT2D eigenvalue weighted by Crippen LogP contribution is 2.36. The maximum Gasteiger partial charge on any atom is 0.239 e. The topological polar surface area (TPSA) is 52.9 Å². The average molecular weight is 269 g/mol. The molecule has 3 nitrogen and oxygen atoms in total. The van der Waals surface area contributed by atoms with Gasteiger partial charge in [-0.05, 0) is 31.2 Å². The molecule has 0 radical (unpaired) electrons. The molecule has 0 aliphatic heterocycles. The van der Waals surface area contributed by atoms with E-state index in [4.69, 9.17) is 11.6 Å². The van der Waals surface area contributed by atoms with Gasteiger partial charge in [-0.25, -0.2) is 0 Å². The Kier molecular flexibility index (Phi) is 4.03. The molecule has 1 aromatic heterocycles. The molecule has 1 heterocycles. The van der Waals surface area contributed by atoms with Crippen molar-refractivity contribution in [3.05, 3.63) is 16.0 Å². The maximum atomic E-state index is 11.3. The summed E-state index contributed by atoms with van der Waals surface area (Å²) < 4.78 is 0. The molecule has 0 spiro atoms. The number of amides is 1. The van der Waals surface area contributed by atoms with Crippen molar-refractivity contribution in [1.29, 1.82) is 5.26 Å². The molecule has 0 atom stereocenters. The Morgan fingerprint density at radius 2 is 2.18 bits per heavy atom. The number of carbonyl (C=O) groups is 1. The fraction of sp³-hybridized carbons (Fsp3) is 0.500. The Morgan fingerprint density at radius 3 is 2.88 bits per heavy atom. The number of hydrogen-bond acceptors (Lipinski definition) is 3. The molecule has 2 rings (SSSR count). The molecule has 0 fully saturated rings. The van der Waals surface area contributed by atoms with E-state index in [1.54, 1.807) is 0 Å². The van der Waals surface area contributed by atoms with Crippen molar-refractivity contribution >= 4 is 33.8 Å². The molecular formula is C12H13ClN2OS. The van der Waals surface area contributed by atoms with E-state index in [-0.39, 0.29) is 11.8 Å². The number of nitrogens with zero attached hydrogens (tertiary/aromatic N) is 1. The summed E-state index contributed by atoms with van der Waals surface area (Å²) in [6, 6.07) is 2.21. The molecule has 0 aromatic carbocycles. The Balaban J connectivity index is 2.34. The van der Waals surface area contributed by atoms with Crippen LogP contribution in [0.2, 0.25) is 0 Å². The summed E-state index contributed by atoms with van der Waals surface area (Å²) in [7, 11) is 0. The van der Waals surface area contributed by atoms with Gasteiger partial charge in [0.15, 0.2) is 0 Å². The number of rotatable bonds is 2. The van der Waals surface area contributed by atoms with Gasteiger partial charge < -0.3 is 5.32 Å². The number of fused-ring (bicyclic) bond motifs is 1. The summed E-state index contributed by atoms with van der Waals surface area (Å²) in [4.78, 5) is 12.5. The normalized spacial score (nSPS) is 14.6. The summed E-state index contributed by atoms with van der Waals surface area (Å²) >= 11 is 6.99. The SMILES string of the molecule is N#Cc1c(NC(=O)CCl)sc2c1CCCCC2. The standard InChI is InChI=1S/C12H13ClN2OS/c13-6-11(16)15-12-9(7-14)8-4-2-1-3-5-10(8)17-12/h1-6H2,(H,15,16). The minimum atomic E-state index is -0.250. The molecule has 1 aliphatic rings. The zero-order valence-corrected chi connectivity index (χ0v) is 11.0. The van der Waals surface area contributed by atoms with Gasteiger partial charge in [0, 0.05) is 4.88 Å². The van der Waals surface area contributed by atoms with E-state index in [0.29, 0.717) is 10.6 Å². The number of alkyl halides is 1. The first kappa shape index (κ1) is 12.4. The number of hydrogen-bond donors (Lipinski definition) is 1. The summed E-state index contributed by atoms with van der Waals surface area (Å²) in [5, 5.41) is 12.6. The second kappa shape index (κ2) is 5.52. The first-order valence-electron chi connectivity index (χ1n) is 5.66. The lowest BCUT2D eigenvalue weighted by atomic mass is 10.1. The summed E-state index contributed by atoms with van der Waals surface area (Å²) in [6.07, 6.45) is 5.48. The molecule has 1 aliphatic carbocycles. The van der Waals surface area contributed by atoms with Gasteiger partial charge >= 0.3 is 0 Å². The number of aryl methyl sites for hydroxylation is 1. The van der Waals surface area contributed by atoms with Crippen molar-refractivity contribution < 1.29 is 4.79 Å². The van der Waals surface area contributed by atoms with E-state index < -0.39 is 0 Å². The molecule has 0 unspecified atom stereocenters. The lowest BCUT2D eigenvalue weighted by Crippen LogP contribution is -2.12. The van der Waals surface area contributed by atoms with Crippen LogP contribution >= 0.6 is 22.9 Å². The van der Waals surface area contributed by atoms with E-state index in [9.17, 15) is 10.1 Å². The van der Waals surface area contributed by atoms with Gasteiger partial charge in [0.05, 0.1) is 5.56 Å². The quantitative estimate of drug-likeness (QED) is 0.662. The lowest BCUT2D eigenvalue weighted by molar-refractivity contribution is -0.113. The first-order valence-corrected chi connectivity index (χ1v) is 7.01. The molecule has 1 N–H and O–H groups in total. The number of nitrogens with one attached hydrogen (secondary N) is 1. The second-order valence-corrected chi connectivity index (χ2v) is 5.43. The van der Waals surface area contributed by atoms with Gasteiger partial charge in [-0.3, -0.25) is 4.79 Å². The molecule has 17 heavy (non-hydrogen) atoms. The van der Waals surface area contributed by atoms with E-state index in [0.717, 1.165) is 24.8 Å². The van der Waals surface area contributed by atoms with E-state index in [2.05, 4.69) is 11.4 Å². The predicted octanol–water partition coefficient (Wildman–Crippen LogP) is 3.07. The monoisotopic (exact) mass is 268 g/mol. The van der Waals surface area contributed by atoms with Gasteiger partial charge in [-0.2, -0.15) is 5.26 Å². The average Bonchev–Trinajstić information content (AvgIpc) is 2.50. The Labute approximate surface area is 109 Å². The number of carbonyl (C=O) groups excluding carboxylic acids is 1. The third-order valence-electron chi connectivity index (χ3n) is 2.91. The third kappa shape index (κ3) is 2.62.